The summed E-state index contributed by atoms with van der Waals surface area (Å²) >= 11 is 0. The van der Waals surface area contributed by atoms with Crippen LogP contribution in [0.3, 0.4) is 0 Å². The van der Waals surface area contributed by atoms with E-state index < -0.39 is 11.6 Å². The van der Waals surface area contributed by atoms with Crippen LogP contribution in [0.5, 0.6) is 5.75 Å². The zero-order valence-electron chi connectivity index (χ0n) is 19.8. The third-order valence-electron chi connectivity index (χ3n) is 6.43. The van der Waals surface area contributed by atoms with E-state index in [0.29, 0.717) is 41.5 Å². The Hall–Kier alpha value is -3.33. The van der Waals surface area contributed by atoms with Gasteiger partial charge in [0.25, 0.3) is 0 Å². The maximum Gasteiger partial charge on any atom is 0.178 e. The molecule has 0 saturated carbocycles. The molecule has 1 aromatic heterocycles. The van der Waals surface area contributed by atoms with Gasteiger partial charge in [0, 0.05) is 44.2 Å². The highest BCUT2D eigenvalue weighted by Crippen LogP contribution is 2.39. The summed E-state index contributed by atoms with van der Waals surface area (Å²) in [5, 5.41) is 3.25. The van der Waals surface area contributed by atoms with E-state index in [1.165, 1.54) is 12.1 Å². The van der Waals surface area contributed by atoms with Crippen molar-refractivity contribution in [2.75, 3.05) is 49.1 Å². The first kappa shape index (κ1) is 23.4. The molecule has 1 saturated heterocycles. The summed E-state index contributed by atoms with van der Waals surface area (Å²) in [5.41, 5.74) is 2.13. The number of ether oxygens (including phenoxy) is 1. The molecule has 3 heterocycles. The predicted octanol–water partition coefficient (Wildman–Crippen LogP) is 4.17. The van der Waals surface area contributed by atoms with Crippen molar-refractivity contribution in [2.24, 2.45) is 0 Å². The Morgan fingerprint density at radius 2 is 1.77 bits per heavy atom. The van der Waals surface area contributed by atoms with Crippen LogP contribution < -0.4 is 19.9 Å². The Morgan fingerprint density at radius 3 is 2.51 bits per heavy atom. The lowest BCUT2D eigenvalue weighted by Crippen LogP contribution is -2.43. The van der Waals surface area contributed by atoms with Crippen LogP contribution in [0.15, 0.2) is 36.5 Å². The van der Waals surface area contributed by atoms with E-state index in [1.807, 2.05) is 29.7 Å². The van der Waals surface area contributed by atoms with Gasteiger partial charge in [0.1, 0.15) is 23.9 Å². The van der Waals surface area contributed by atoms with Crippen molar-refractivity contribution >= 4 is 11.4 Å². The van der Waals surface area contributed by atoms with Gasteiger partial charge in [-0.05, 0) is 43.7 Å². The average Bonchev–Trinajstić information content (AvgIpc) is 2.85. The summed E-state index contributed by atoms with van der Waals surface area (Å²) in [5.74, 6) is -1.03. The fraction of sp³-hybridized carbons (Fsp3) is 0.385. The Balaban J connectivity index is 1.43. The van der Waals surface area contributed by atoms with Gasteiger partial charge in [-0.3, -0.25) is 0 Å². The molecule has 5 rings (SSSR count). The molecule has 1 fully saturated rings. The maximum atomic E-state index is 14.9. The van der Waals surface area contributed by atoms with E-state index in [1.54, 1.807) is 12.1 Å². The van der Waals surface area contributed by atoms with Crippen LogP contribution in [-0.2, 0) is 6.42 Å². The topological polar surface area (TPSA) is 53.5 Å². The second-order valence-corrected chi connectivity index (χ2v) is 9.12. The average molecular weight is 484 g/mol. The Kier molecular flexibility index (Phi) is 6.51. The molecule has 0 unspecified atom stereocenters. The number of rotatable bonds is 5. The highest BCUT2D eigenvalue weighted by atomic mass is 19.1. The lowest BCUT2D eigenvalue weighted by Gasteiger charge is -2.34. The number of anilines is 2. The molecule has 2 aliphatic heterocycles. The molecule has 35 heavy (non-hydrogen) atoms. The van der Waals surface area contributed by atoms with Gasteiger partial charge in [0.05, 0.1) is 24.1 Å². The fourth-order valence-corrected chi connectivity index (χ4v) is 4.67. The molecule has 2 aliphatic rings. The van der Waals surface area contributed by atoms with E-state index in [0.717, 1.165) is 32.4 Å². The third-order valence-corrected chi connectivity index (χ3v) is 6.43. The summed E-state index contributed by atoms with van der Waals surface area (Å²) in [4.78, 5) is 12.5. The van der Waals surface area contributed by atoms with Crippen molar-refractivity contribution < 1.29 is 17.9 Å². The summed E-state index contributed by atoms with van der Waals surface area (Å²) in [6, 6.07) is 8.13. The lowest BCUT2D eigenvalue weighted by atomic mass is 10.1. The molecule has 0 atom stereocenters. The summed E-state index contributed by atoms with van der Waals surface area (Å²) < 4.78 is 50.0. The van der Waals surface area contributed by atoms with Gasteiger partial charge >= 0.3 is 0 Å². The van der Waals surface area contributed by atoms with Crippen LogP contribution in [-0.4, -0.2) is 55.3 Å². The van der Waals surface area contributed by atoms with Gasteiger partial charge in [0.2, 0.25) is 0 Å². The predicted molar refractivity (Wildman–Crippen MR) is 130 cm³/mol. The third kappa shape index (κ3) is 4.77. The Morgan fingerprint density at radius 1 is 0.971 bits per heavy atom. The SMILES string of the molecule is CC(C)N1CCOc2c(F)cc(-c3nc(Cc4ccc(N5CCNCC5)c(F)c4)ncc3F)cc21. The highest BCUT2D eigenvalue weighted by molar-refractivity contribution is 5.72. The van der Waals surface area contributed by atoms with Gasteiger partial charge in [-0.15, -0.1) is 0 Å². The molecule has 0 radical (unpaired) electrons. The van der Waals surface area contributed by atoms with E-state index in [2.05, 4.69) is 15.3 Å². The monoisotopic (exact) mass is 483 g/mol. The minimum Gasteiger partial charge on any atom is -0.486 e. The second-order valence-electron chi connectivity index (χ2n) is 9.12. The molecule has 0 amide bonds. The zero-order valence-corrected chi connectivity index (χ0v) is 19.8. The summed E-state index contributed by atoms with van der Waals surface area (Å²) in [6.45, 7) is 8.15. The van der Waals surface area contributed by atoms with Crippen molar-refractivity contribution in [2.45, 2.75) is 26.3 Å². The first-order valence-corrected chi connectivity index (χ1v) is 11.9. The number of hydrogen-bond donors (Lipinski definition) is 1. The summed E-state index contributed by atoms with van der Waals surface area (Å²) in [7, 11) is 0. The Labute approximate surface area is 202 Å². The smallest absolute Gasteiger partial charge is 0.178 e. The van der Waals surface area contributed by atoms with Gasteiger partial charge in [-0.25, -0.2) is 23.1 Å². The molecular formula is C26H28F3N5O. The second kappa shape index (κ2) is 9.73. The molecule has 0 bridgehead atoms. The van der Waals surface area contributed by atoms with Crippen LogP contribution in [0, 0.1) is 17.5 Å². The number of aromatic nitrogens is 2. The van der Waals surface area contributed by atoms with Gasteiger partial charge in [0.15, 0.2) is 17.4 Å². The molecular weight excluding hydrogens is 455 g/mol. The van der Waals surface area contributed by atoms with E-state index >= 15 is 0 Å². The minimum absolute atomic E-state index is 0.00360. The van der Waals surface area contributed by atoms with E-state index in [9.17, 15) is 13.2 Å². The standard InChI is InChI=1S/C26H28F3N5O/c1-16(2)34-9-10-35-26-20(28)13-18(14-23(26)34)25-21(29)15-31-24(32-25)12-17-3-4-22(19(27)11-17)33-7-5-30-6-8-33/h3-4,11,13-16,30H,5-10,12H2,1-2H3. The van der Waals surface area contributed by atoms with Crippen molar-refractivity contribution in [1.29, 1.82) is 0 Å². The number of nitrogens with zero attached hydrogens (tertiary/aromatic N) is 4. The lowest BCUT2D eigenvalue weighted by molar-refractivity contribution is 0.287. The van der Waals surface area contributed by atoms with Crippen molar-refractivity contribution in [3.05, 3.63) is 65.4 Å². The van der Waals surface area contributed by atoms with Crippen LogP contribution in [0.2, 0.25) is 0 Å². The highest BCUT2D eigenvalue weighted by Gasteiger charge is 2.26. The largest absolute Gasteiger partial charge is 0.486 e. The number of piperazine rings is 1. The van der Waals surface area contributed by atoms with E-state index in [-0.39, 0.29) is 29.7 Å². The fourth-order valence-electron chi connectivity index (χ4n) is 4.67. The number of halogens is 3. The molecule has 184 valence electrons. The molecule has 9 heteroatoms. The first-order chi connectivity index (χ1) is 16.9. The van der Waals surface area contributed by atoms with Gasteiger partial charge in [-0.2, -0.15) is 0 Å². The summed E-state index contributed by atoms with van der Waals surface area (Å²) in [6.07, 6.45) is 1.30. The van der Waals surface area contributed by atoms with Crippen LogP contribution >= 0.6 is 0 Å². The number of hydrogen-bond acceptors (Lipinski definition) is 6. The van der Waals surface area contributed by atoms with Crippen molar-refractivity contribution in [3.8, 4) is 17.0 Å². The molecule has 3 aromatic rings. The molecule has 0 aliphatic carbocycles. The van der Waals surface area contributed by atoms with E-state index in [4.69, 9.17) is 4.74 Å². The van der Waals surface area contributed by atoms with Gasteiger partial charge < -0.3 is 19.9 Å². The quantitative estimate of drug-likeness (QED) is 0.588. The molecule has 6 nitrogen and oxygen atoms in total. The van der Waals surface area contributed by atoms with Crippen molar-refractivity contribution in [1.82, 2.24) is 15.3 Å². The maximum absolute atomic E-state index is 14.9. The number of benzene rings is 2. The number of nitrogens with one attached hydrogen (secondary N) is 1. The van der Waals surface area contributed by atoms with Crippen molar-refractivity contribution in [3.63, 3.8) is 0 Å². The van der Waals surface area contributed by atoms with Crippen LogP contribution in [0.25, 0.3) is 11.3 Å². The molecule has 1 N–H and O–H groups in total. The Bertz CT molecular complexity index is 1230. The van der Waals surface area contributed by atoms with Gasteiger partial charge in [-0.1, -0.05) is 6.07 Å². The first-order valence-electron chi connectivity index (χ1n) is 11.9. The number of fused-ring (bicyclic) bond motifs is 1. The molecule has 2 aromatic carbocycles. The normalized spacial score (nSPS) is 15.8. The van der Waals surface area contributed by atoms with Crippen LogP contribution in [0.4, 0.5) is 24.5 Å². The minimum atomic E-state index is -0.652. The molecule has 0 spiro atoms. The zero-order chi connectivity index (χ0) is 24.5. The van der Waals surface area contributed by atoms with Crippen LogP contribution in [0.1, 0.15) is 25.2 Å².